The minimum atomic E-state index is -0.130. The van der Waals surface area contributed by atoms with Crippen LogP contribution in [-0.4, -0.2) is 40.9 Å². The second-order valence-corrected chi connectivity index (χ2v) is 12.0. The summed E-state index contributed by atoms with van der Waals surface area (Å²) in [5, 5.41) is 3.32. The van der Waals surface area contributed by atoms with E-state index in [4.69, 9.17) is 4.74 Å². The van der Waals surface area contributed by atoms with Gasteiger partial charge in [-0.15, -0.1) is 0 Å². The lowest BCUT2D eigenvalue weighted by Crippen LogP contribution is -2.58. The molecule has 0 radical (unpaired) electrons. The van der Waals surface area contributed by atoms with Crippen LogP contribution in [0.25, 0.3) is 0 Å². The highest BCUT2D eigenvalue weighted by atomic mass is 79.9. The number of hydrogen-bond donors (Lipinski definition) is 1. The topological polar surface area (TPSA) is 41.6 Å². The first-order chi connectivity index (χ1) is 13.9. The summed E-state index contributed by atoms with van der Waals surface area (Å²) in [4.78, 5) is 15.8. The number of nitrogens with one attached hydrogen (secondary N) is 1. The SMILES string of the molecule is CC1CN(Cc2cccc(CNC(=O)C34CC5CC(CC(Br)(C5)C3)C4)c2)CCO1. The molecule has 158 valence electrons. The number of nitrogens with zero attached hydrogens (tertiary/aromatic N) is 1. The summed E-state index contributed by atoms with van der Waals surface area (Å²) in [5.41, 5.74) is 2.39. The Balaban J connectivity index is 1.21. The van der Waals surface area contributed by atoms with Crippen molar-refractivity contribution < 1.29 is 9.53 Å². The van der Waals surface area contributed by atoms with Crippen LogP contribution < -0.4 is 5.32 Å². The normalized spacial score (nSPS) is 38.9. The van der Waals surface area contributed by atoms with Crippen molar-refractivity contribution in [2.24, 2.45) is 17.3 Å². The summed E-state index contributed by atoms with van der Waals surface area (Å²) in [6, 6.07) is 8.71. The Morgan fingerprint density at radius 3 is 2.72 bits per heavy atom. The van der Waals surface area contributed by atoms with Crippen molar-refractivity contribution in [1.82, 2.24) is 10.2 Å². The van der Waals surface area contributed by atoms with E-state index in [1.165, 1.54) is 30.4 Å². The third-order valence-electron chi connectivity index (χ3n) is 7.65. The van der Waals surface area contributed by atoms with Crippen LogP contribution in [-0.2, 0) is 22.6 Å². The first-order valence-electron chi connectivity index (χ1n) is 11.3. The van der Waals surface area contributed by atoms with Gasteiger partial charge in [-0.2, -0.15) is 0 Å². The van der Waals surface area contributed by atoms with Crippen LogP contribution in [0.4, 0.5) is 0 Å². The number of alkyl halides is 1. The number of benzene rings is 1. The standard InChI is InChI=1S/C24H33BrN2O2/c1-17-14-27(5-6-29-17)15-19-4-2-3-18(7-19)13-26-22(28)23-9-20-8-21(10-23)12-24(25,11-20)16-23/h2-4,7,17,20-21H,5-6,8-16H2,1H3,(H,26,28). The van der Waals surface area contributed by atoms with Crippen LogP contribution in [0.5, 0.6) is 0 Å². The predicted molar refractivity (Wildman–Crippen MR) is 118 cm³/mol. The van der Waals surface area contributed by atoms with E-state index < -0.39 is 0 Å². The molecule has 4 aliphatic carbocycles. The van der Waals surface area contributed by atoms with Crippen molar-refractivity contribution in [2.75, 3.05) is 19.7 Å². The maximum Gasteiger partial charge on any atom is 0.226 e. The molecular formula is C24H33BrN2O2. The van der Waals surface area contributed by atoms with Gasteiger partial charge in [-0.3, -0.25) is 9.69 Å². The number of hydrogen-bond acceptors (Lipinski definition) is 3. The molecule has 6 rings (SSSR count). The highest BCUT2D eigenvalue weighted by Gasteiger charge is 2.59. The first kappa shape index (κ1) is 20.0. The molecule has 1 aliphatic heterocycles. The average molecular weight is 461 g/mol. The highest BCUT2D eigenvalue weighted by Crippen LogP contribution is 2.64. The fraction of sp³-hybridized carbons (Fsp3) is 0.708. The number of halogens is 1. The number of rotatable bonds is 5. The molecule has 4 nitrogen and oxygen atoms in total. The van der Waals surface area contributed by atoms with E-state index in [1.54, 1.807) is 0 Å². The lowest BCUT2D eigenvalue weighted by Gasteiger charge is -2.59. The molecule has 4 saturated carbocycles. The maximum atomic E-state index is 13.3. The van der Waals surface area contributed by atoms with Gasteiger partial charge in [0.2, 0.25) is 5.91 Å². The summed E-state index contributed by atoms with van der Waals surface area (Å²) in [6.45, 7) is 6.52. The van der Waals surface area contributed by atoms with Crippen molar-refractivity contribution in [3.8, 4) is 0 Å². The van der Waals surface area contributed by atoms with E-state index in [1.807, 2.05) is 0 Å². The molecule has 29 heavy (non-hydrogen) atoms. The van der Waals surface area contributed by atoms with E-state index in [0.717, 1.165) is 57.3 Å². The Bertz CT molecular complexity index is 768. The number of ether oxygens (including phenoxy) is 1. The molecule has 1 aromatic rings. The lowest BCUT2D eigenvalue weighted by molar-refractivity contribution is -0.144. The van der Waals surface area contributed by atoms with Crippen molar-refractivity contribution >= 4 is 21.8 Å². The lowest BCUT2D eigenvalue weighted by atomic mass is 9.49. The van der Waals surface area contributed by atoms with E-state index >= 15 is 0 Å². The molecule has 5 fully saturated rings. The van der Waals surface area contributed by atoms with Gasteiger partial charge < -0.3 is 10.1 Å². The zero-order chi connectivity index (χ0) is 20.1. The Hall–Kier alpha value is -0.910. The summed E-state index contributed by atoms with van der Waals surface area (Å²) >= 11 is 4.02. The molecule has 1 saturated heterocycles. The van der Waals surface area contributed by atoms with Crippen molar-refractivity contribution in [3.63, 3.8) is 0 Å². The monoisotopic (exact) mass is 460 g/mol. The molecule has 4 bridgehead atoms. The van der Waals surface area contributed by atoms with Gasteiger partial charge in [0.05, 0.1) is 18.1 Å². The number of carbonyl (C=O) groups is 1. The molecule has 1 amide bonds. The zero-order valence-electron chi connectivity index (χ0n) is 17.5. The number of carbonyl (C=O) groups excluding carboxylic acids is 1. The summed E-state index contributed by atoms with van der Waals surface area (Å²) in [7, 11) is 0. The van der Waals surface area contributed by atoms with Crippen LogP contribution in [0.2, 0.25) is 0 Å². The van der Waals surface area contributed by atoms with Gasteiger partial charge in [-0.1, -0.05) is 40.2 Å². The Morgan fingerprint density at radius 2 is 2.00 bits per heavy atom. The first-order valence-corrected chi connectivity index (χ1v) is 12.1. The largest absolute Gasteiger partial charge is 0.376 e. The van der Waals surface area contributed by atoms with Crippen LogP contribution in [0.3, 0.4) is 0 Å². The minimum absolute atomic E-state index is 0.130. The Morgan fingerprint density at radius 1 is 1.24 bits per heavy atom. The zero-order valence-corrected chi connectivity index (χ0v) is 19.0. The molecule has 1 N–H and O–H groups in total. The van der Waals surface area contributed by atoms with Crippen LogP contribution in [0, 0.1) is 17.3 Å². The van der Waals surface area contributed by atoms with Crippen molar-refractivity contribution in [3.05, 3.63) is 35.4 Å². The molecule has 0 spiro atoms. The summed E-state index contributed by atoms with van der Waals surface area (Å²) in [6.07, 6.45) is 7.39. The second-order valence-electron chi connectivity index (χ2n) is 10.3. The van der Waals surface area contributed by atoms with E-state index in [9.17, 15) is 4.79 Å². The van der Waals surface area contributed by atoms with Gasteiger partial charge >= 0.3 is 0 Å². The van der Waals surface area contributed by atoms with Crippen molar-refractivity contribution in [2.45, 2.75) is 69.0 Å². The third kappa shape index (κ3) is 4.15. The molecule has 0 aromatic heterocycles. The smallest absolute Gasteiger partial charge is 0.226 e. The third-order valence-corrected chi connectivity index (χ3v) is 8.58. The van der Waals surface area contributed by atoms with E-state index in [-0.39, 0.29) is 9.74 Å². The number of morpholine rings is 1. The second kappa shape index (κ2) is 7.65. The fourth-order valence-electron chi connectivity index (χ4n) is 6.92. The van der Waals surface area contributed by atoms with Crippen LogP contribution >= 0.6 is 15.9 Å². The van der Waals surface area contributed by atoms with Crippen LogP contribution in [0.15, 0.2) is 24.3 Å². The molecule has 3 unspecified atom stereocenters. The summed E-state index contributed by atoms with van der Waals surface area (Å²) < 4.78 is 5.88. The molecular weight excluding hydrogens is 428 g/mol. The van der Waals surface area contributed by atoms with Crippen LogP contribution in [0.1, 0.15) is 56.6 Å². The van der Waals surface area contributed by atoms with Gasteiger partial charge in [0.15, 0.2) is 0 Å². The maximum absolute atomic E-state index is 13.3. The van der Waals surface area contributed by atoms with Gasteiger partial charge in [0, 0.05) is 30.5 Å². The van der Waals surface area contributed by atoms with Gasteiger partial charge in [-0.25, -0.2) is 0 Å². The Kier molecular flexibility index (Phi) is 5.28. The van der Waals surface area contributed by atoms with Gasteiger partial charge in [-0.05, 0) is 68.4 Å². The van der Waals surface area contributed by atoms with E-state index in [2.05, 4.69) is 57.3 Å². The summed E-state index contributed by atoms with van der Waals surface area (Å²) in [5.74, 6) is 1.77. The highest BCUT2D eigenvalue weighted by molar-refractivity contribution is 9.10. The fourth-order valence-corrected chi connectivity index (χ4v) is 8.37. The molecule has 5 aliphatic rings. The average Bonchev–Trinajstić information content (AvgIpc) is 2.64. The van der Waals surface area contributed by atoms with E-state index in [0.29, 0.717) is 18.6 Å². The quantitative estimate of drug-likeness (QED) is 0.667. The Labute approximate surface area is 182 Å². The number of amides is 1. The molecule has 1 aromatic carbocycles. The molecule has 3 atom stereocenters. The minimum Gasteiger partial charge on any atom is -0.376 e. The van der Waals surface area contributed by atoms with Crippen molar-refractivity contribution in [1.29, 1.82) is 0 Å². The molecule has 5 heteroatoms. The predicted octanol–water partition coefficient (Wildman–Crippen LogP) is 4.26. The van der Waals surface area contributed by atoms with Gasteiger partial charge in [0.1, 0.15) is 0 Å². The van der Waals surface area contributed by atoms with Gasteiger partial charge in [0.25, 0.3) is 0 Å². The molecule has 1 heterocycles.